The second kappa shape index (κ2) is 4.70. The molecule has 1 heterocycles. The van der Waals surface area contributed by atoms with E-state index in [1.54, 1.807) is 24.5 Å². The van der Waals surface area contributed by atoms with Crippen molar-refractivity contribution >= 4 is 16.1 Å². The minimum Gasteiger partial charge on any atom is -0.298 e. The van der Waals surface area contributed by atoms with Crippen molar-refractivity contribution in [2.75, 3.05) is 6.26 Å². The van der Waals surface area contributed by atoms with Crippen LogP contribution in [0.1, 0.15) is 10.4 Å². The normalized spacial score (nSPS) is 11.2. The molecule has 2 rings (SSSR count). The average Bonchev–Trinajstić information content (AvgIpc) is 2.38. The molecule has 4 nitrogen and oxygen atoms in total. The number of hydrogen-bond donors (Lipinski definition) is 0. The van der Waals surface area contributed by atoms with E-state index in [1.807, 2.05) is 6.07 Å². The molecule has 0 amide bonds. The van der Waals surface area contributed by atoms with E-state index < -0.39 is 9.84 Å². The van der Waals surface area contributed by atoms with Gasteiger partial charge in [-0.05, 0) is 23.8 Å². The molecule has 0 N–H and O–H groups in total. The van der Waals surface area contributed by atoms with Crippen molar-refractivity contribution in [3.63, 3.8) is 0 Å². The number of sulfone groups is 1. The van der Waals surface area contributed by atoms with Crippen molar-refractivity contribution in [3.05, 3.63) is 48.3 Å². The van der Waals surface area contributed by atoms with Gasteiger partial charge in [0.05, 0.1) is 4.90 Å². The van der Waals surface area contributed by atoms with E-state index in [0.717, 1.165) is 11.8 Å². The third-order valence-electron chi connectivity index (χ3n) is 2.55. The highest BCUT2D eigenvalue weighted by Crippen LogP contribution is 2.24. The number of hydrogen-bond acceptors (Lipinski definition) is 4. The fourth-order valence-corrected chi connectivity index (χ4v) is 2.31. The zero-order chi connectivity index (χ0) is 13.2. The predicted molar refractivity (Wildman–Crippen MR) is 68.2 cm³/mol. The Balaban J connectivity index is 2.62. The summed E-state index contributed by atoms with van der Waals surface area (Å²) in [5.41, 5.74) is 1.79. The first-order valence-electron chi connectivity index (χ1n) is 5.22. The second-order valence-electron chi connectivity index (χ2n) is 3.88. The van der Waals surface area contributed by atoms with Crippen molar-refractivity contribution in [1.82, 2.24) is 4.98 Å². The fourth-order valence-electron chi connectivity index (χ4n) is 1.65. The van der Waals surface area contributed by atoms with Gasteiger partial charge < -0.3 is 0 Å². The lowest BCUT2D eigenvalue weighted by molar-refractivity contribution is 0.112. The van der Waals surface area contributed by atoms with Gasteiger partial charge in [-0.15, -0.1) is 0 Å². The van der Waals surface area contributed by atoms with Crippen molar-refractivity contribution in [2.24, 2.45) is 0 Å². The van der Waals surface area contributed by atoms with Crippen molar-refractivity contribution in [1.29, 1.82) is 0 Å². The highest BCUT2D eigenvalue weighted by molar-refractivity contribution is 7.90. The van der Waals surface area contributed by atoms with E-state index >= 15 is 0 Å². The first kappa shape index (κ1) is 12.4. The van der Waals surface area contributed by atoms with Crippen LogP contribution >= 0.6 is 0 Å². The molecule has 0 bridgehead atoms. The number of pyridine rings is 1. The van der Waals surface area contributed by atoms with Gasteiger partial charge in [0.2, 0.25) is 0 Å². The first-order valence-corrected chi connectivity index (χ1v) is 7.11. The van der Waals surface area contributed by atoms with Gasteiger partial charge >= 0.3 is 0 Å². The van der Waals surface area contributed by atoms with Crippen LogP contribution in [0.15, 0.2) is 47.6 Å². The molecule has 0 aliphatic heterocycles. The minimum absolute atomic E-state index is 0.136. The Labute approximate surface area is 105 Å². The van der Waals surface area contributed by atoms with E-state index in [2.05, 4.69) is 4.98 Å². The van der Waals surface area contributed by atoms with Crippen LogP contribution in [0, 0.1) is 0 Å². The molecule has 92 valence electrons. The van der Waals surface area contributed by atoms with E-state index in [9.17, 15) is 13.2 Å². The zero-order valence-corrected chi connectivity index (χ0v) is 10.5. The van der Waals surface area contributed by atoms with E-state index in [1.165, 1.54) is 12.1 Å². The maximum atomic E-state index is 11.4. The van der Waals surface area contributed by atoms with Gasteiger partial charge in [0.1, 0.15) is 0 Å². The topological polar surface area (TPSA) is 64.1 Å². The molecule has 18 heavy (non-hydrogen) atoms. The minimum atomic E-state index is -3.31. The summed E-state index contributed by atoms with van der Waals surface area (Å²) in [5, 5.41) is 0. The molecule has 2 aromatic rings. The third kappa shape index (κ3) is 2.46. The molecule has 0 unspecified atom stereocenters. The fraction of sp³-hybridized carbons (Fsp3) is 0.0769. The van der Waals surface area contributed by atoms with Crippen LogP contribution in [-0.4, -0.2) is 25.9 Å². The van der Waals surface area contributed by atoms with Gasteiger partial charge in [-0.2, -0.15) is 0 Å². The lowest BCUT2D eigenvalue weighted by atomic mass is 10.0. The third-order valence-corrected chi connectivity index (χ3v) is 3.66. The number of carbonyl (C=O) groups excluding carboxylic acids is 1. The Hall–Kier alpha value is -2.01. The Morgan fingerprint density at radius 2 is 2.00 bits per heavy atom. The molecule has 0 aliphatic carbocycles. The number of rotatable bonds is 3. The summed E-state index contributed by atoms with van der Waals surface area (Å²) in [5.74, 6) is 0. The molecule has 0 saturated heterocycles. The van der Waals surface area contributed by atoms with Gasteiger partial charge in [-0.25, -0.2) is 8.42 Å². The second-order valence-corrected chi connectivity index (χ2v) is 5.90. The molecular weight excluding hydrogens is 250 g/mol. The van der Waals surface area contributed by atoms with Crippen molar-refractivity contribution < 1.29 is 13.2 Å². The molecule has 0 spiro atoms. The summed E-state index contributed by atoms with van der Waals surface area (Å²) in [7, 11) is -3.31. The summed E-state index contributed by atoms with van der Waals surface area (Å²) >= 11 is 0. The monoisotopic (exact) mass is 261 g/mol. The maximum Gasteiger partial charge on any atom is 0.175 e. The Morgan fingerprint density at radius 3 is 2.56 bits per heavy atom. The number of carbonyl (C=O) groups is 1. The number of nitrogens with zero attached hydrogens (tertiary/aromatic N) is 1. The number of benzene rings is 1. The van der Waals surface area contributed by atoms with Crippen LogP contribution in [0.5, 0.6) is 0 Å². The van der Waals surface area contributed by atoms with E-state index in [0.29, 0.717) is 17.4 Å². The molecular formula is C13H11NO3S. The van der Waals surface area contributed by atoms with Crippen LogP contribution < -0.4 is 0 Å². The van der Waals surface area contributed by atoms with Crippen LogP contribution in [0.3, 0.4) is 0 Å². The van der Waals surface area contributed by atoms with Gasteiger partial charge in [-0.3, -0.25) is 9.78 Å². The average molecular weight is 261 g/mol. The quantitative estimate of drug-likeness (QED) is 0.792. The maximum absolute atomic E-state index is 11.4. The highest BCUT2D eigenvalue weighted by atomic mass is 32.2. The zero-order valence-electron chi connectivity index (χ0n) is 9.70. The molecule has 0 fully saturated rings. The first-order chi connectivity index (χ1) is 8.52. The number of aromatic nitrogens is 1. The lowest BCUT2D eigenvalue weighted by Gasteiger charge is -2.06. The predicted octanol–water partition coefficient (Wildman–Crippen LogP) is 1.96. The number of aldehydes is 1. The van der Waals surface area contributed by atoms with Gasteiger partial charge in [0.15, 0.2) is 16.1 Å². The summed E-state index contributed by atoms with van der Waals surface area (Å²) in [6.45, 7) is 0. The molecule has 0 aliphatic rings. The molecule has 0 saturated carbocycles. The molecule has 1 aromatic heterocycles. The Morgan fingerprint density at radius 1 is 1.22 bits per heavy atom. The molecule has 1 aromatic carbocycles. The summed E-state index contributed by atoms with van der Waals surface area (Å²) in [6.07, 6.45) is 5.02. The smallest absolute Gasteiger partial charge is 0.175 e. The Kier molecular flexibility index (Phi) is 3.25. The summed E-state index contributed by atoms with van der Waals surface area (Å²) < 4.78 is 22.8. The van der Waals surface area contributed by atoms with E-state index in [-0.39, 0.29) is 4.90 Å². The highest BCUT2D eigenvalue weighted by Gasteiger charge is 2.11. The van der Waals surface area contributed by atoms with Gasteiger partial charge in [0, 0.05) is 29.8 Å². The molecule has 0 atom stereocenters. The summed E-state index contributed by atoms with van der Waals surface area (Å²) in [4.78, 5) is 15.2. The van der Waals surface area contributed by atoms with Gasteiger partial charge in [0.25, 0.3) is 0 Å². The molecule has 0 radical (unpaired) electrons. The van der Waals surface area contributed by atoms with Crippen LogP contribution in [-0.2, 0) is 9.84 Å². The molecule has 5 heteroatoms. The standard InChI is InChI=1S/C13H11NO3S/c1-18(16,17)12-4-5-13(11(7-12)9-15)10-3-2-6-14-8-10/h2-9H,1H3. The van der Waals surface area contributed by atoms with Crippen LogP contribution in [0.25, 0.3) is 11.1 Å². The van der Waals surface area contributed by atoms with Gasteiger partial charge in [-0.1, -0.05) is 12.1 Å². The summed E-state index contributed by atoms with van der Waals surface area (Å²) in [6, 6.07) is 8.07. The lowest BCUT2D eigenvalue weighted by Crippen LogP contribution is -1.99. The van der Waals surface area contributed by atoms with Crippen LogP contribution in [0.2, 0.25) is 0 Å². The van der Waals surface area contributed by atoms with Crippen LogP contribution in [0.4, 0.5) is 0 Å². The van der Waals surface area contributed by atoms with E-state index in [4.69, 9.17) is 0 Å². The van der Waals surface area contributed by atoms with Crippen molar-refractivity contribution in [2.45, 2.75) is 4.90 Å². The SMILES string of the molecule is CS(=O)(=O)c1ccc(-c2cccnc2)c(C=O)c1. The van der Waals surface area contributed by atoms with Crippen molar-refractivity contribution in [3.8, 4) is 11.1 Å². The largest absolute Gasteiger partial charge is 0.298 e. The Bertz CT molecular complexity index is 679.